The molecule has 0 aliphatic rings. The lowest BCUT2D eigenvalue weighted by molar-refractivity contribution is 0.474. The Hall–Kier alpha value is -1.64. The summed E-state index contributed by atoms with van der Waals surface area (Å²) in [5.74, 6) is -0.296. The second kappa shape index (κ2) is 2.69. The Morgan fingerprint density at radius 3 is 3.00 bits per heavy atom. The lowest BCUT2D eigenvalue weighted by Crippen LogP contribution is -1.86. The van der Waals surface area contributed by atoms with Gasteiger partial charge in [0.1, 0.15) is 17.1 Å². The van der Waals surface area contributed by atoms with Crippen molar-refractivity contribution in [2.24, 2.45) is 0 Å². The Bertz CT molecular complexity index is 468. The third-order valence-corrected chi connectivity index (χ3v) is 2.01. The molecule has 1 heterocycles. The van der Waals surface area contributed by atoms with Crippen LogP contribution in [0.25, 0.3) is 10.9 Å². The fraction of sp³-hybridized carbons (Fsp3) is 0.100. The van der Waals surface area contributed by atoms with E-state index in [2.05, 4.69) is 4.98 Å². The zero-order valence-electron chi connectivity index (χ0n) is 7.08. The summed E-state index contributed by atoms with van der Waals surface area (Å²) in [6.45, 7) is 1.65. The third kappa shape index (κ3) is 1.13. The molecule has 0 unspecified atom stereocenters. The number of hydrogen-bond acceptors (Lipinski definition) is 2. The molecule has 3 heteroatoms. The number of aromatic nitrogens is 1. The fourth-order valence-corrected chi connectivity index (χ4v) is 1.31. The van der Waals surface area contributed by atoms with Crippen molar-refractivity contribution in [2.45, 2.75) is 6.92 Å². The Kier molecular flexibility index (Phi) is 1.65. The monoisotopic (exact) mass is 176 g/mol. The van der Waals surface area contributed by atoms with Crippen LogP contribution in [0.3, 0.4) is 0 Å². The molecule has 0 bridgehead atoms. The third-order valence-electron chi connectivity index (χ3n) is 2.01. The van der Waals surface area contributed by atoms with Crippen LogP contribution in [0.1, 0.15) is 5.56 Å². The van der Waals surface area contributed by atoms with Gasteiger partial charge in [-0.1, -0.05) is 0 Å². The summed E-state index contributed by atoms with van der Waals surface area (Å²) < 4.78 is 13.3. The average molecular weight is 176 g/mol. The summed E-state index contributed by atoms with van der Waals surface area (Å²) in [5.41, 5.74) is 0.823. The molecule has 0 spiro atoms. The molecular weight excluding hydrogens is 168 g/mol. The summed E-state index contributed by atoms with van der Waals surface area (Å²) >= 11 is 0. The van der Waals surface area contributed by atoms with Gasteiger partial charge >= 0.3 is 0 Å². The number of fused-ring (bicyclic) bond motifs is 1. The Morgan fingerprint density at radius 1 is 1.46 bits per heavy atom. The van der Waals surface area contributed by atoms with Gasteiger partial charge in [0.25, 0.3) is 0 Å². The molecule has 0 atom stereocenters. The van der Waals surface area contributed by atoms with Crippen LogP contribution in [0.4, 0.5) is 4.39 Å². The molecule has 66 valence electrons. The van der Waals surface area contributed by atoms with E-state index in [1.165, 1.54) is 12.3 Å². The normalized spacial score (nSPS) is 10.6. The highest BCUT2D eigenvalue weighted by Crippen LogP contribution is 2.28. The second-order valence-corrected chi connectivity index (χ2v) is 2.92. The van der Waals surface area contributed by atoms with E-state index in [1.807, 2.05) is 0 Å². The number of phenols is 1. The van der Waals surface area contributed by atoms with Crippen molar-refractivity contribution in [3.8, 4) is 5.75 Å². The Labute approximate surface area is 74.7 Å². The topological polar surface area (TPSA) is 33.1 Å². The molecule has 1 aromatic heterocycles. The zero-order valence-corrected chi connectivity index (χ0v) is 7.08. The van der Waals surface area contributed by atoms with Crippen LogP contribution in [-0.4, -0.2) is 10.1 Å². The van der Waals surface area contributed by atoms with Gasteiger partial charge in [-0.3, -0.25) is 4.98 Å². The predicted octanol–water partition coefficient (Wildman–Crippen LogP) is 2.39. The first-order valence-corrected chi connectivity index (χ1v) is 3.93. The number of halogens is 1. The van der Waals surface area contributed by atoms with Gasteiger partial charge in [-0.05, 0) is 30.7 Å². The van der Waals surface area contributed by atoms with Crippen LogP contribution >= 0.6 is 0 Å². The van der Waals surface area contributed by atoms with Crippen molar-refractivity contribution >= 4 is 10.9 Å². The van der Waals surface area contributed by atoms with Gasteiger partial charge in [0.2, 0.25) is 0 Å². The molecule has 2 nitrogen and oxygen atoms in total. The van der Waals surface area contributed by atoms with E-state index in [-0.39, 0.29) is 11.6 Å². The van der Waals surface area contributed by atoms with E-state index in [0.717, 1.165) is 0 Å². The zero-order chi connectivity index (χ0) is 9.42. The van der Waals surface area contributed by atoms with Crippen molar-refractivity contribution in [1.82, 2.24) is 4.98 Å². The first kappa shape index (κ1) is 7.98. The first-order chi connectivity index (χ1) is 6.20. The summed E-state index contributed by atoms with van der Waals surface area (Å²) in [6, 6.07) is 4.54. The maximum absolute atomic E-state index is 13.3. The van der Waals surface area contributed by atoms with Gasteiger partial charge in [-0.2, -0.15) is 0 Å². The van der Waals surface area contributed by atoms with Crippen molar-refractivity contribution in [3.05, 3.63) is 35.8 Å². The number of pyridine rings is 1. The number of benzene rings is 1. The fourth-order valence-electron chi connectivity index (χ4n) is 1.31. The first-order valence-electron chi connectivity index (χ1n) is 3.93. The van der Waals surface area contributed by atoms with Crippen molar-refractivity contribution in [2.75, 3.05) is 0 Å². The van der Waals surface area contributed by atoms with E-state index >= 15 is 0 Å². The molecule has 0 fully saturated rings. The predicted molar refractivity (Wildman–Crippen MR) is 48.1 cm³/mol. The molecule has 0 radical (unpaired) electrons. The van der Waals surface area contributed by atoms with Gasteiger partial charge in [-0.25, -0.2) is 4.39 Å². The highest BCUT2D eigenvalue weighted by molar-refractivity contribution is 5.85. The van der Waals surface area contributed by atoms with Gasteiger partial charge in [0.15, 0.2) is 0 Å². The molecule has 0 aliphatic carbocycles. The molecule has 0 aliphatic heterocycles. The molecule has 2 aromatic rings. The highest BCUT2D eigenvalue weighted by Gasteiger charge is 2.08. The smallest absolute Gasteiger partial charge is 0.144 e. The lowest BCUT2D eigenvalue weighted by atomic mass is 10.1. The van der Waals surface area contributed by atoms with E-state index in [4.69, 9.17) is 0 Å². The van der Waals surface area contributed by atoms with Crippen LogP contribution < -0.4 is 0 Å². The minimum absolute atomic E-state index is 0.0528. The number of aryl methyl sites for hydroxylation is 1. The largest absolute Gasteiger partial charge is 0.505 e. The standard InChI is InChI=1S/C10H8FNO/c1-6-5-8(11)7-3-2-4-12-9(7)10(6)13/h2-5,13H,1H3/i11-1. The minimum Gasteiger partial charge on any atom is -0.505 e. The lowest BCUT2D eigenvalue weighted by Gasteiger charge is -2.03. The minimum atomic E-state index is -0.349. The van der Waals surface area contributed by atoms with E-state index in [0.29, 0.717) is 16.5 Å². The van der Waals surface area contributed by atoms with Gasteiger partial charge in [0, 0.05) is 11.6 Å². The Balaban J connectivity index is 2.97. The second-order valence-electron chi connectivity index (χ2n) is 2.92. The Morgan fingerprint density at radius 2 is 2.23 bits per heavy atom. The number of nitrogens with zero attached hydrogens (tertiary/aromatic N) is 1. The number of hydrogen-bond donors (Lipinski definition) is 1. The van der Waals surface area contributed by atoms with Gasteiger partial charge in [0.05, 0.1) is 0 Å². The molecule has 1 aromatic carbocycles. The summed E-state index contributed by atoms with van der Waals surface area (Å²) in [7, 11) is 0. The molecule has 2 rings (SSSR count). The van der Waals surface area contributed by atoms with Crippen LogP contribution in [0.2, 0.25) is 0 Å². The van der Waals surface area contributed by atoms with Crippen LogP contribution in [0.15, 0.2) is 24.4 Å². The van der Waals surface area contributed by atoms with E-state index in [9.17, 15) is 9.50 Å². The van der Waals surface area contributed by atoms with Crippen LogP contribution in [0.5, 0.6) is 5.75 Å². The van der Waals surface area contributed by atoms with Crippen molar-refractivity contribution in [3.63, 3.8) is 0 Å². The average Bonchev–Trinajstić information content (AvgIpc) is 2.15. The van der Waals surface area contributed by atoms with E-state index in [1.54, 1.807) is 19.1 Å². The molecule has 0 saturated heterocycles. The maximum Gasteiger partial charge on any atom is 0.144 e. The van der Waals surface area contributed by atoms with Gasteiger partial charge < -0.3 is 5.11 Å². The maximum atomic E-state index is 13.3. The van der Waals surface area contributed by atoms with E-state index < -0.39 is 0 Å². The molecule has 13 heavy (non-hydrogen) atoms. The quantitative estimate of drug-likeness (QED) is 0.668. The molecule has 1 N–H and O–H groups in total. The molecule has 0 amide bonds. The van der Waals surface area contributed by atoms with Crippen LogP contribution in [0, 0.1) is 12.7 Å². The highest BCUT2D eigenvalue weighted by atomic mass is 18.2. The molecular formula is C10H8FNO. The summed E-state index contributed by atoms with van der Waals surface area (Å²) in [6.07, 6.45) is 1.53. The number of phenolic OH excluding ortho intramolecular Hbond substituents is 1. The summed E-state index contributed by atoms with van der Waals surface area (Å²) in [5, 5.41) is 9.91. The number of aromatic hydroxyl groups is 1. The van der Waals surface area contributed by atoms with Crippen LogP contribution in [-0.2, 0) is 0 Å². The molecule has 0 saturated carbocycles. The van der Waals surface area contributed by atoms with Gasteiger partial charge in [-0.15, -0.1) is 0 Å². The SMILES string of the molecule is Cc1cc([18F])c2cccnc2c1O. The summed E-state index contributed by atoms with van der Waals surface area (Å²) in [4.78, 5) is 3.91. The number of rotatable bonds is 0. The van der Waals surface area contributed by atoms with Crippen molar-refractivity contribution < 1.29 is 9.50 Å². The van der Waals surface area contributed by atoms with Crippen molar-refractivity contribution in [1.29, 1.82) is 0 Å².